The fourth-order valence-corrected chi connectivity index (χ4v) is 1.12. The molecule has 0 aliphatic heterocycles. The highest BCUT2D eigenvalue weighted by atomic mass is 16.1. The van der Waals surface area contributed by atoms with Crippen LogP contribution in [0.5, 0.6) is 0 Å². The zero-order valence-electron chi connectivity index (χ0n) is 9.34. The van der Waals surface area contributed by atoms with Crippen LogP contribution >= 0.6 is 0 Å². The summed E-state index contributed by atoms with van der Waals surface area (Å²) >= 11 is 0. The Labute approximate surface area is 98.4 Å². The van der Waals surface area contributed by atoms with E-state index < -0.39 is 0 Å². The summed E-state index contributed by atoms with van der Waals surface area (Å²) in [5, 5.41) is 2.51. The molecule has 1 rings (SSSR count). The smallest absolute Gasteiger partial charge is 0.251 e. The standard InChI is InChI=1S/C10H14N6O/c1-14-8(17)6-2-4-7(5-3-6)15-10(13)16-9(11)12/h2-5H,1H3,(H,14,17)(H6,11,12,13,15,16). The van der Waals surface area contributed by atoms with E-state index in [9.17, 15) is 4.79 Å². The van der Waals surface area contributed by atoms with Crippen LogP contribution in [0.3, 0.4) is 0 Å². The van der Waals surface area contributed by atoms with Gasteiger partial charge < -0.3 is 22.5 Å². The molecular formula is C10H14N6O. The lowest BCUT2D eigenvalue weighted by Crippen LogP contribution is -2.26. The Hall–Kier alpha value is -2.57. The molecule has 7 heteroatoms. The predicted molar refractivity (Wildman–Crippen MR) is 66.9 cm³/mol. The van der Waals surface area contributed by atoms with Crippen molar-refractivity contribution < 1.29 is 4.79 Å². The summed E-state index contributed by atoms with van der Waals surface area (Å²) in [7, 11) is 1.56. The summed E-state index contributed by atoms with van der Waals surface area (Å²) < 4.78 is 0. The number of rotatable bonds is 2. The van der Waals surface area contributed by atoms with Crippen LogP contribution in [0.2, 0.25) is 0 Å². The molecule has 0 spiro atoms. The van der Waals surface area contributed by atoms with Crippen molar-refractivity contribution in [3.63, 3.8) is 0 Å². The van der Waals surface area contributed by atoms with Crippen LogP contribution < -0.4 is 22.5 Å². The Kier molecular flexibility index (Phi) is 4.04. The molecular weight excluding hydrogens is 220 g/mol. The van der Waals surface area contributed by atoms with Gasteiger partial charge in [-0.25, -0.2) is 4.99 Å². The van der Waals surface area contributed by atoms with Gasteiger partial charge in [-0.15, -0.1) is 0 Å². The molecule has 0 aromatic heterocycles. The number of amides is 1. The second-order valence-electron chi connectivity index (χ2n) is 3.13. The molecule has 0 aliphatic rings. The van der Waals surface area contributed by atoms with Crippen molar-refractivity contribution in [2.75, 3.05) is 7.05 Å². The van der Waals surface area contributed by atoms with Crippen molar-refractivity contribution in [3.8, 4) is 0 Å². The number of guanidine groups is 2. The van der Waals surface area contributed by atoms with Crippen LogP contribution in [-0.4, -0.2) is 24.9 Å². The molecule has 0 heterocycles. The molecule has 1 aromatic rings. The van der Waals surface area contributed by atoms with Gasteiger partial charge in [-0.05, 0) is 24.3 Å². The van der Waals surface area contributed by atoms with Crippen molar-refractivity contribution in [1.29, 1.82) is 0 Å². The number of hydrogen-bond donors (Lipinski definition) is 4. The highest BCUT2D eigenvalue weighted by molar-refractivity contribution is 5.95. The van der Waals surface area contributed by atoms with Crippen molar-refractivity contribution in [2.24, 2.45) is 27.2 Å². The number of carbonyl (C=O) groups is 1. The molecule has 0 unspecified atom stereocenters. The largest absolute Gasteiger partial charge is 0.370 e. The molecule has 0 fully saturated rings. The Morgan fingerprint density at radius 2 is 1.76 bits per heavy atom. The van der Waals surface area contributed by atoms with E-state index >= 15 is 0 Å². The van der Waals surface area contributed by atoms with E-state index in [4.69, 9.17) is 17.2 Å². The first kappa shape index (κ1) is 12.5. The Bertz CT molecular complexity index is 458. The number of benzene rings is 1. The lowest BCUT2D eigenvalue weighted by atomic mass is 10.2. The van der Waals surface area contributed by atoms with Crippen LogP contribution in [0, 0.1) is 0 Å². The van der Waals surface area contributed by atoms with Gasteiger partial charge in [-0.3, -0.25) is 4.79 Å². The van der Waals surface area contributed by atoms with Crippen molar-refractivity contribution >= 4 is 23.5 Å². The average molecular weight is 234 g/mol. The molecule has 1 amide bonds. The molecule has 7 nitrogen and oxygen atoms in total. The summed E-state index contributed by atoms with van der Waals surface area (Å²) in [5.74, 6) is -0.372. The van der Waals surface area contributed by atoms with Gasteiger partial charge in [0.25, 0.3) is 5.91 Å². The Morgan fingerprint density at radius 1 is 1.18 bits per heavy atom. The molecule has 0 atom stereocenters. The van der Waals surface area contributed by atoms with E-state index in [1.807, 2.05) is 0 Å². The van der Waals surface area contributed by atoms with Crippen LogP contribution in [-0.2, 0) is 0 Å². The zero-order valence-corrected chi connectivity index (χ0v) is 9.34. The number of nitrogens with zero attached hydrogens (tertiary/aromatic N) is 2. The molecule has 7 N–H and O–H groups in total. The second kappa shape index (κ2) is 5.50. The normalized spacial score (nSPS) is 10.8. The minimum Gasteiger partial charge on any atom is -0.370 e. The third kappa shape index (κ3) is 3.82. The molecule has 0 bridgehead atoms. The highest BCUT2D eigenvalue weighted by Gasteiger charge is 2.01. The third-order valence-electron chi connectivity index (χ3n) is 1.84. The monoisotopic (exact) mass is 234 g/mol. The maximum absolute atomic E-state index is 11.3. The highest BCUT2D eigenvalue weighted by Crippen LogP contribution is 2.12. The lowest BCUT2D eigenvalue weighted by molar-refractivity contribution is 0.0963. The van der Waals surface area contributed by atoms with Crippen molar-refractivity contribution in [2.45, 2.75) is 0 Å². The summed E-state index contributed by atoms with van der Waals surface area (Å²) in [6.45, 7) is 0. The van der Waals surface area contributed by atoms with Gasteiger partial charge in [-0.1, -0.05) is 0 Å². The average Bonchev–Trinajstić information content (AvgIpc) is 2.28. The first-order valence-corrected chi connectivity index (χ1v) is 4.79. The first-order valence-electron chi connectivity index (χ1n) is 4.79. The Morgan fingerprint density at radius 3 is 2.24 bits per heavy atom. The van der Waals surface area contributed by atoms with E-state index in [1.54, 1.807) is 31.3 Å². The van der Waals surface area contributed by atoms with Crippen LogP contribution in [0.15, 0.2) is 34.3 Å². The SMILES string of the molecule is CNC(=O)c1ccc(N=C(N)N=C(N)N)cc1. The summed E-state index contributed by atoms with van der Waals surface area (Å²) in [5.41, 5.74) is 16.8. The quantitative estimate of drug-likeness (QED) is 0.396. The molecule has 1 aromatic carbocycles. The van der Waals surface area contributed by atoms with Gasteiger partial charge in [0, 0.05) is 12.6 Å². The van der Waals surface area contributed by atoms with Gasteiger partial charge in [0.1, 0.15) is 0 Å². The van der Waals surface area contributed by atoms with E-state index in [1.165, 1.54) is 0 Å². The molecule has 90 valence electrons. The van der Waals surface area contributed by atoms with E-state index in [0.29, 0.717) is 11.3 Å². The maximum Gasteiger partial charge on any atom is 0.251 e. The number of hydrogen-bond acceptors (Lipinski definition) is 2. The molecule has 0 saturated heterocycles. The number of nitrogens with two attached hydrogens (primary N) is 3. The van der Waals surface area contributed by atoms with E-state index in [0.717, 1.165) is 0 Å². The van der Waals surface area contributed by atoms with E-state index in [2.05, 4.69) is 15.3 Å². The van der Waals surface area contributed by atoms with Crippen LogP contribution in [0.1, 0.15) is 10.4 Å². The van der Waals surface area contributed by atoms with Gasteiger partial charge in [-0.2, -0.15) is 4.99 Å². The number of aliphatic imine (C=N–C) groups is 2. The Balaban J connectivity index is 2.89. The molecule has 0 aliphatic carbocycles. The summed E-state index contributed by atoms with van der Waals surface area (Å²) in [4.78, 5) is 18.8. The fraction of sp³-hybridized carbons (Fsp3) is 0.100. The minimum absolute atomic E-state index is 0.0438. The summed E-state index contributed by atoms with van der Waals surface area (Å²) in [6, 6.07) is 6.53. The third-order valence-corrected chi connectivity index (χ3v) is 1.84. The van der Waals surface area contributed by atoms with Crippen molar-refractivity contribution in [3.05, 3.63) is 29.8 Å². The van der Waals surface area contributed by atoms with Gasteiger partial charge in [0.15, 0.2) is 5.96 Å². The lowest BCUT2D eigenvalue weighted by Gasteiger charge is -2.00. The fourth-order valence-electron chi connectivity index (χ4n) is 1.12. The second-order valence-corrected chi connectivity index (χ2v) is 3.13. The number of carbonyl (C=O) groups excluding carboxylic acids is 1. The predicted octanol–water partition coefficient (Wildman–Crippen LogP) is -0.734. The van der Waals surface area contributed by atoms with E-state index in [-0.39, 0.29) is 17.8 Å². The first-order chi connectivity index (χ1) is 8.02. The van der Waals surface area contributed by atoms with Crippen LogP contribution in [0.25, 0.3) is 0 Å². The zero-order chi connectivity index (χ0) is 12.8. The van der Waals surface area contributed by atoms with Crippen LogP contribution in [0.4, 0.5) is 5.69 Å². The van der Waals surface area contributed by atoms with Crippen molar-refractivity contribution in [1.82, 2.24) is 5.32 Å². The topological polar surface area (TPSA) is 132 Å². The van der Waals surface area contributed by atoms with Gasteiger partial charge >= 0.3 is 0 Å². The number of nitrogens with one attached hydrogen (secondary N) is 1. The minimum atomic E-state index is -0.169. The molecule has 0 saturated carbocycles. The molecule has 17 heavy (non-hydrogen) atoms. The van der Waals surface area contributed by atoms with Gasteiger partial charge in [0.05, 0.1) is 5.69 Å². The van der Waals surface area contributed by atoms with Gasteiger partial charge in [0.2, 0.25) is 5.96 Å². The molecule has 0 radical (unpaired) electrons. The summed E-state index contributed by atoms with van der Waals surface area (Å²) in [6.07, 6.45) is 0. The maximum atomic E-state index is 11.3.